The van der Waals surface area contributed by atoms with Crippen LogP contribution in [0.3, 0.4) is 0 Å². The molecule has 176 valence electrons. The zero-order valence-electron chi connectivity index (χ0n) is 18.7. The quantitative estimate of drug-likeness (QED) is 0.270. The van der Waals surface area contributed by atoms with Gasteiger partial charge in [-0.25, -0.2) is 13.6 Å². The van der Waals surface area contributed by atoms with E-state index in [9.17, 15) is 8.42 Å². The molecule has 3 rings (SSSR count). The summed E-state index contributed by atoms with van der Waals surface area (Å²) in [6.07, 6.45) is 2.91. The lowest BCUT2D eigenvalue weighted by molar-refractivity contribution is 0.134. The molecule has 1 aliphatic heterocycles. The number of primary sulfonamides is 1. The Labute approximate surface area is 208 Å². The summed E-state index contributed by atoms with van der Waals surface area (Å²) in [5.41, 5.74) is 2.40. The van der Waals surface area contributed by atoms with E-state index >= 15 is 0 Å². The number of guanidine groups is 1. The third-order valence-corrected chi connectivity index (χ3v) is 6.69. The molecule has 0 aliphatic carbocycles. The molecule has 2 atom stereocenters. The molecule has 2 aromatic carbocycles. The van der Waals surface area contributed by atoms with E-state index in [0.717, 1.165) is 43.9 Å². The molecule has 0 spiro atoms. The van der Waals surface area contributed by atoms with E-state index in [1.807, 2.05) is 0 Å². The maximum atomic E-state index is 11.3. The fourth-order valence-corrected chi connectivity index (χ4v) is 4.48. The Bertz CT molecular complexity index is 968. The molecular weight excluding hydrogens is 537 g/mol. The van der Waals surface area contributed by atoms with Crippen molar-refractivity contribution >= 4 is 40.0 Å². The number of sulfonamides is 1. The molecule has 1 saturated heterocycles. The first-order chi connectivity index (χ1) is 14.8. The summed E-state index contributed by atoms with van der Waals surface area (Å²) in [6.45, 7) is 5.04. The molecule has 0 aromatic heterocycles. The highest BCUT2D eigenvalue weighted by atomic mass is 127. The van der Waals surface area contributed by atoms with Gasteiger partial charge in [0, 0.05) is 38.8 Å². The van der Waals surface area contributed by atoms with Crippen molar-refractivity contribution in [3.05, 3.63) is 65.7 Å². The van der Waals surface area contributed by atoms with Crippen LogP contribution >= 0.6 is 24.0 Å². The van der Waals surface area contributed by atoms with Gasteiger partial charge in [-0.1, -0.05) is 42.5 Å². The average molecular weight is 572 g/mol. The van der Waals surface area contributed by atoms with Gasteiger partial charge in [0.2, 0.25) is 10.0 Å². The van der Waals surface area contributed by atoms with E-state index in [0.29, 0.717) is 18.6 Å². The van der Waals surface area contributed by atoms with Crippen molar-refractivity contribution in [2.24, 2.45) is 10.1 Å². The van der Waals surface area contributed by atoms with Crippen molar-refractivity contribution in [3.63, 3.8) is 0 Å². The van der Waals surface area contributed by atoms with Gasteiger partial charge >= 0.3 is 0 Å². The van der Waals surface area contributed by atoms with Crippen molar-refractivity contribution in [2.45, 2.75) is 49.7 Å². The Morgan fingerprint density at radius 3 is 2.41 bits per heavy atom. The number of likely N-dealkylation sites (tertiary alicyclic amines) is 1. The van der Waals surface area contributed by atoms with Gasteiger partial charge in [0.25, 0.3) is 0 Å². The minimum Gasteiger partial charge on any atom is -0.356 e. The first-order valence-corrected chi connectivity index (χ1v) is 12.3. The fourth-order valence-electron chi connectivity index (χ4n) is 3.96. The second kappa shape index (κ2) is 12.5. The maximum absolute atomic E-state index is 11.3. The number of benzene rings is 2. The lowest BCUT2D eigenvalue weighted by atomic mass is 9.97. The average Bonchev–Trinajstić information content (AvgIpc) is 2.75. The van der Waals surface area contributed by atoms with Crippen LogP contribution in [0.15, 0.2) is 64.5 Å². The van der Waals surface area contributed by atoms with Crippen molar-refractivity contribution in [1.29, 1.82) is 0 Å². The number of nitrogens with two attached hydrogens (primary N) is 1. The Kier molecular flexibility index (Phi) is 10.4. The van der Waals surface area contributed by atoms with Crippen LogP contribution in [0.2, 0.25) is 0 Å². The van der Waals surface area contributed by atoms with Crippen LogP contribution in [-0.2, 0) is 23.0 Å². The van der Waals surface area contributed by atoms with Gasteiger partial charge in [0.1, 0.15) is 0 Å². The number of hydrogen-bond donors (Lipinski definition) is 3. The third kappa shape index (κ3) is 8.02. The molecule has 0 saturated carbocycles. The van der Waals surface area contributed by atoms with Gasteiger partial charge in [-0.15, -0.1) is 24.0 Å². The summed E-state index contributed by atoms with van der Waals surface area (Å²) in [7, 11) is -1.87. The Hall–Kier alpha value is -1.69. The van der Waals surface area contributed by atoms with E-state index in [2.05, 4.69) is 57.8 Å². The molecule has 1 aliphatic rings. The fraction of sp³-hybridized carbons (Fsp3) is 0.435. The third-order valence-electron chi connectivity index (χ3n) is 5.76. The Balaban J connectivity index is 0.00000363. The van der Waals surface area contributed by atoms with Gasteiger partial charge in [-0.2, -0.15) is 0 Å². The molecule has 1 fully saturated rings. The summed E-state index contributed by atoms with van der Waals surface area (Å²) >= 11 is 0. The van der Waals surface area contributed by atoms with Crippen LogP contribution in [0, 0.1) is 0 Å². The van der Waals surface area contributed by atoms with Gasteiger partial charge in [0.15, 0.2) is 5.96 Å². The van der Waals surface area contributed by atoms with Gasteiger partial charge in [-0.3, -0.25) is 9.89 Å². The number of nitrogens with one attached hydrogen (secondary N) is 2. The Morgan fingerprint density at radius 1 is 1.12 bits per heavy atom. The highest BCUT2D eigenvalue weighted by Crippen LogP contribution is 2.20. The van der Waals surface area contributed by atoms with Crippen LogP contribution in [0.5, 0.6) is 0 Å². The molecule has 0 amide bonds. The second-order valence-electron chi connectivity index (χ2n) is 8.11. The van der Waals surface area contributed by atoms with E-state index in [1.165, 1.54) is 5.56 Å². The van der Waals surface area contributed by atoms with Crippen LogP contribution < -0.4 is 15.8 Å². The number of aliphatic imine (C=N–C) groups is 1. The molecular formula is C23H34IN5O2S. The second-order valence-corrected chi connectivity index (χ2v) is 9.67. The molecule has 0 radical (unpaired) electrons. The zero-order valence-corrected chi connectivity index (χ0v) is 21.8. The van der Waals surface area contributed by atoms with Gasteiger partial charge in [0.05, 0.1) is 4.90 Å². The highest BCUT2D eigenvalue weighted by molar-refractivity contribution is 14.0. The van der Waals surface area contributed by atoms with Crippen molar-refractivity contribution in [1.82, 2.24) is 15.5 Å². The molecule has 7 nitrogen and oxygen atoms in total. The van der Waals surface area contributed by atoms with Crippen molar-refractivity contribution in [3.8, 4) is 0 Å². The molecule has 9 heteroatoms. The van der Waals surface area contributed by atoms with Crippen LogP contribution in [0.1, 0.15) is 30.9 Å². The summed E-state index contributed by atoms with van der Waals surface area (Å²) in [6, 6.07) is 18.2. The smallest absolute Gasteiger partial charge is 0.238 e. The van der Waals surface area contributed by atoms with E-state index in [4.69, 9.17) is 5.14 Å². The number of rotatable bonds is 7. The largest absolute Gasteiger partial charge is 0.356 e. The maximum Gasteiger partial charge on any atom is 0.238 e. The summed E-state index contributed by atoms with van der Waals surface area (Å²) in [5, 5.41) is 12.1. The number of nitrogens with zero attached hydrogens (tertiary/aromatic N) is 2. The van der Waals surface area contributed by atoms with Crippen molar-refractivity contribution in [2.75, 3.05) is 20.1 Å². The van der Waals surface area contributed by atoms with E-state index in [-0.39, 0.29) is 28.9 Å². The van der Waals surface area contributed by atoms with Gasteiger partial charge in [-0.05, 0) is 49.4 Å². The van der Waals surface area contributed by atoms with Crippen LogP contribution in [-0.4, -0.2) is 51.5 Å². The minimum atomic E-state index is -3.65. The SMILES string of the molecule is CN=C(NCCc1ccc(S(N)(=O)=O)cc1)NC1CCN(Cc2ccccc2)C(C)C1.I. The van der Waals surface area contributed by atoms with Crippen LogP contribution in [0.25, 0.3) is 0 Å². The zero-order chi connectivity index (χ0) is 22.3. The molecule has 2 unspecified atom stereocenters. The molecule has 2 aromatic rings. The molecule has 32 heavy (non-hydrogen) atoms. The summed E-state index contributed by atoms with van der Waals surface area (Å²) < 4.78 is 22.7. The molecule has 0 bridgehead atoms. The predicted molar refractivity (Wildman–Crippen MR) is 141 cm³/mol. The Morgan fingerprint density at radius 2 is 1.81 bits per heavy atom. The standard InChI is InChI=1S/C23H33N5O2S.HI/c1-18-16-21(13-15-28(18)17-20-6-4-3-5-7-20)27-23(25-2)26-14-12-19-8-10-22(11-9-19)31(24,29)30;/h3-11,18,21H,12-17H2,1-2H3,(H2,24,29,30)(H2,25,26,27);1H. The minimum absolute atomic E-state index is 0. The number of piperidine rings is 1. The lowest BCUT2D eigenvalue weighted by Crippen LogP contribution is -2.51. The van der Waals surface area contributed by atoms with E-state index in [1.54, 1.807) is 31.3 Å². The topological polar surface area (TPSA) is 99.8 Å². The lowest BCUT2D eigenvalue weighted by Gasteiger charge is -2.38. The van der Waals surface area contributed by atoms with E-state index < -0.39 is 10.0 Å². The highest BCUT2D eigenvalue weighted by Gasteiger charge is 2.25. The monoisotopic (exact) mass is 571 g/mol. The molecule has 4 N–H and O–H groups in total. The summed E-state index contributed by atoms with van der Waals surface area (Å²) in [4.78, 5) is 7.03. The number of halogens is 1. The normalized spacial score (nSPS) is 19.8. The molecule has 1 heterocycles. The van der Waals surface area contributed by atoms with Crippen molar-refractivity contribution < 1.29 is 8.42 Å². The van der Waals surface area contributed by atoms with Crippen LogP contribution in [0.4, 0.5) is 0 Å². The first-order valence-electron chi connectivity index (χ1n) is 10.7. The summed E-state index contributed by atoms with van der Waals surface area (Å²) in [5.74, 6) is 0.801. The predicted octanol–water partition coefficient (Wildman–Crippen LogP) is 2.71. The first kappa shape index (κ1) is 26.6. The van der Waals surface area contributed by atoms with Gasteiger partial charge < -0.3 is 10.6 Å². The number of hydrogen-bond acceptors (Lipinski definition) is 4.